The number of nitrogens with one attached hydrogen (secondary N) is 1. The van der Waals surface area contributed by atoms with Crippen molar-refractivity contribution >= 4 is 30.7 Å². The molecule has 0 aromatic heterocycles. The smallest absolute Gasteiger partial charge is 0.240 e. The van der Waals surface area contributed by atoms with Gasteiger partial charge in [-0.15, -0.1) is 24.8 Å². The van der Waals surface area contributed by atoms with Gasteiger partial charge in [-0.05, 0) is 33.0 Å². The number of carbonyl (C=O) groups is 1. The third kappa shape index (κ3) is 5.46. The Hall–Kier alpha value is -0.0700. The van der Waals surface area contributed by atoms with Crippen LogP contribution in [0, 0.1) is 5.41 Å². The van der Waals surface area contributed by atoms with Crippen LogP contribution in [0.25, 0.3) is 0 Å². The first-order valence-corrected chi connectivity index (χ1v) is 8.24. The van der Waals surface area contributed by atoms with Gasteiger partial charge in [0, 0.05) is 25.0 Å². The maximum absolute atomic E-state index is 12.4. The highest BCUT2D eigenvalue weighted by Gasteiger charge is 2.62. The summed E-state index contributed by atoms with van der Waals surface area (Å²) in [4.78, 5) is 14.7. The highest BCUT2D eigenvalue weighted by molar-refractivity contribution is 5.88. The zero-order chi connectivity index (χ0) is 16.1. The van der Waals surface area contributed by atoms with Gasteiger partial charge >= 0.3 is 0 Å². The van der Waals surface area contributed by atoms with E-state index in [4.69, 9.17) is 10.5 Å². The van der Waals surface area contributed by atoms with Crippen molar-refractivity contribution in [2.24, 2.45) is 11.1 Å². The van der Waals surface area contributed by atoms with E-state index in [0.29, 0.717) is 19.6 Å². The molecule has 140 valence electrons. The second-order valence-electron chi connectivity index (χ2n) is 6.48. The molecular weight excluding hydrogens is 337 g/mol. The van der Waals surface area contributed by atoms with E-state index in [1.807, 2.05) is 20.8 Å². The molecule has 0 aliphatic heterocycles. The van der Waals surface area contributed by atoms with Crippen molar-refractivity contribution in [3.8, 4) is 0 Å². The summed E-state index contributed by atoms with van der Waals surface area (Å²) >= 11 is 0. The molecular formula is C16H35Cl2N3O2. The Kier molecular flexibility index (Phi) is 11.7. The van der Waals surface area contributed by atoms with Crippen LogP contribution in [0.5, 0.6) is 0 Å². The number of carbonyl (C=O) groups excluding carboxylic acids is 1. The molecule has 1 amide bonds. The van der Waals surface area contributed by atoms with E-state index in [1.54, 1.807) is 0 Å². The molecule has 0 radical (unpaired) electrons. The fourth-order valence-corrected chi connectivity index (χ4v) is 3.02. The monoisotopic (exact) mass is 371 g/mol. The molecule has 0 bridgehead atoms. The summed E-state index contributed by atoms with van der Waals surface area (Å²) in [6, 6.07) is 0. The van der Waals surface area contributed by atoms with Crippen LogP contribution in [-0.4, -0.2) is 55.2 Å². The fourth-order valence-electron chi connectivity index (χ4n) is 3.02. The van der Waals surface area contributed by atoms with E-state index in [9.17, 15) is 4.79 Å². The number of nitrogens with zero attached hydrogens (tertiary/aromatic N) is 1. The van der Waals surface area contributed by atoms with Crippen LogP contribution in [-0.2, 0) is 9.53 Å². The molecule has 0 aromatic rings. The van der Waals surface area contributed by atoms with Crippen molar-refractivity contribution < 1.29 is 9.53 Å². The lowest BCUT2D eigenvalue weighted by Crippen LogP contribution is -2.75. The molecule has 1 rings (SSSR count). The fraction of sp³-hybridized carbons (Fsp3) is 0.938. The van der Waals surface area contributed by atoms with Gasteiger partial charge in [0.05, 0.1) is 6.10 Å². The lowest BCUT2D eigenvalue weighted by atomic mass is 9.54. The molecule has 1 fully saturated rings. The van der Waals surface area contributed by atoms with Gasteiger partial charge in [-0.25, -0.2) is 0 Å². The van der Waals surface area contributed by atoms with Crippen molar-refractivity contribution in [2.75, 3.05) is 32.8 Å². The number of ether oxygens (including phenoxy) is 1. The molecule has 2 atom stereocenters. The lowest BCUT2D eigenvalue weighted by Gasteiger charge is -2.57. The zero-order valence-corrected chi connectivity index (χ0v) is 16.8. The molecule has 7 heteroatoms. The minimum atomic E-state index is -0.804. The van der Waals surface area contributed by atoms with Crippen molar-refractivity contribution in [2.45, 2.75) is 59.1 Å². The van der Waals surface area contributed by atoms with Crippen LogP contribution in [0.1, 0.15) is 47.5 Å². The Morgan fingerprint density at radius 2 is 1.83 bits per heavy atom. The van der Waals surface area contributed by atoms with Gasteiger partial charge in [0.1, 0.15) is 5.54 Å². The molecule has 23 heavy (non-hydrogen) atoms. The van der Waals surface area contributed by atoms with Crippen molar-refractivity contribution in [3.63, 3.8) is 0 Å². The first-order chi connectivity index (χ1) is 9.83. The SMILES string of the molecule is CCOC1CC(N)(C(=O)NCCCN(CC)CC)C1(C)C.Cl.Cl. The average molecular weight is 372 g/mol. The predicted molar refractivity (Wildman–Crippen MR) is 101 cm³/mol. The molecule has 0 spiro atoms. The Morgan fingerprint density at radius 1 is 1.26 bits per heavy atom. The van der Waals surface area contributed by atoms with Crippen LogP contribution in [0.4, 0.5) is 0 Å². The first kappa shape index (κ1) is 25.2. The summed E-state index contributed by atoms with van der Waals surface area (Å²) in [5.41, 5.74) is 5.22. The Morgan fingerprint density at radius 3 is 2.26 bits per heavy atom. The van der Waals surface area contributed by atoms with Gasteiger partial charge in [0.2, 0.25) is 5.91 Å². The zero-order valence-electron chi connectivity index (χ0n) is 15.2. The van der Waals surface area contributed by atoms with E-state index < -0.39 is 5.54 Å². The number of hydrogen-bond acceptors (Lipinski definition) is 4. The molecule has 0 saturated heterocycles. The molecule has 1 aliphatic rings. The quantitative estimate of drug-likeness (QED) is 0.609. The molecule has 5 nitrogen and oxygen atoms in total. The lowest BCUT2D eigenvalue weighted by molar-refractivity contribution is -0.170. The maximum atomic E-state index is 12.4. The van der Waals surface area contributed by atoms with Gasteiger partial charge in [-0.3, -0.25) is 4.79 Å². The van der Waals surface area contributed by atoms with Gasteiger partial charge in [-0.1, -0.05) is 27.7 Å². The summed E-state index contributed by atoms with van der Waals surface area (Å²) in [6.07, 6.45) is 1.64. The Labute approximate surface area is 153 Å². The minimum Gasteiger partial charge on any atom is -0.378 e. The maximum Gasteiger partial charge on any atom is 0.240 e. The molecule has 1 saturated carbocycles. The van der Waals surface area contributed by atoms with Crippen LogP contribution < -0.4 is 11.1 Å². The van der Waals surface area contributed by atoms with Gasteiger partial charge < -0.3 is 20.7 Å². The predicted octanol–water partition coefficient (Wildman–Crippen LogP) is 2.21. The largest absolute Gasteiger partial charge is 0.378 e. The second-order valence-corrected chi connectivity index (χ2v) is 6.48. The molecule has 2 unspecified atom stereocenters. The van der Waals surface area contributed by atoms with E-state index >= 15 is 0 Å². The third-order valence-corrected chi connectivity index (χ3v) is 5.07. The summed E-state index contributed by atoms with van der Waals surface area (Å²) < 4.78 is 5.66. The van der Waals surface area contributed by atoms with Crippen LogP contribution in [0.3, 0.4) is 0 Å². The topological polar surface area (TPSA) is 67.6 Å². The number of rotatable bonds is 9. The molecule has 3 N–H and O–H groups in total. The highest BCUT2D eigenvalue weighted by Crippen LogP contribution is 2.49. The number of hydrogen-bond donors (Lipinski definition) is 2. The summed E-state index contributed by atoms with van der Waals surface area (Å²) in [5, 5.41) is 3.00. The van der Waals surface area contributed by atoms with Crippen LogP contribution in [0.15, 0.2) is 0 Å². The van der Waals surface area contributed by atoms with Crippen molar-refractivity contribution in [1.29, 1.82) is 0 Å². The van der Waals surface area contributed by atoms with Gasteiger partial charge in [-0.2, -0.15) is 0 Å². The molecule has 0 heterocycles. The van der Waals surface area contributed by atoms with E-state index in [-0.39, 0.29) is 42.2 Å². The van der Waals surface area contributed by atoms with E-state index in [1.165, 1.54) is 0 Å². The first-order valence-electron chi connectivity index (χ1n) is 8.24. The van der Waals surface area contributed by atoms with E-state index in [0.717, 1.165) is 26.1 Å². The average Bonchev–Trinajstić information content (AvgIpc) is 2.46. The minimum absolute atomic E-state index is 0. The molecule has 0 aromatic carbocycles. The number of amides is 1. The second kappa shape index (κ2) is 10.7. The summed E-state index contributed by atoms with van der Waals surface area (Å²) in [7, 11) is 0. The van der Waals surface area contributed by atoms with Crippen molar-refractivity contribution in [3.05, 3.63) is 0 Å². The third-order valence-electron chi connectivity index (χ3n) is 5.07. The van der Waals surface area contributed by atoms with Gasteiger partial charge in [0.25, 0.3) is 0 Å². The Bertz CT molecular complexity index is 352. The van der Waals surface area contributed by atoms with Crippen LogP contribution in [0.2, 0.25) is 0 Å². The number of nitrogens with two attached hydrogens (primary N) is 1. The Balaban J connectivity index is 0. The standard InChI is InChI=1S/C16H33N3O2.2ClH/c1-6-19(7-2)11-9-10-18-14(20)16(17)12-13(21-8-3)15(16,4)5;;/h13H,6-12,17H2,1-5H3,(H,18,20);2*1H. The summed E-state index contributed by atoms with van der Waals surface area (Å²) in [6.45, 7) is 14.8. The van der Waals surface area contributed by atoms with E-state index in [2.05, 4.69) is 24.1 Å². The summed E-state index contributed by atoms with van der Waals surface area (Å²) in [5.74, 6) is -0.0389. The van der Waals surface area contributed by atoms with Crippen LogP contribution >= 0.6 is 24.8 Å². The van der Waals surface area contributed by atoms with Gasteiger partial charge in [0.15, 0.2) is 0 Å². The molecule has 1 aliphatic carbocycles. The normalized spacial score (nSPS) is 25.1. The highest BCUT2D eigenvalue weighted by atomic mass is 35.5. The van der Waals surface area contributed by atoms with Crippen molar-refractivity contribution in [1.82, 2.24) is 10.2 Å². The number of halogens is 2.